The molecule has 1 heterocycles. The zero-order valence-corrected chi connectivity index (χ0v) is 11.5. The van der Waals surface area contributed by atoms with Gasteiger partial charge in [0.05, 0.1) is 5.69 Å². The third kappa shape index (κ3) is 4.48. The zero-order valence-electron chi connectivity index (χ0n) is 10.7. The van der Waals surface area contributed by atoms with E-state index in [2.05, 4.69) is 10.6 Å². The normalized spacial score (nSPS) is 16.3. The number of rotatable bonds is 4. The van der Waals surface area contributed by atoms with E-state index in [-0.39, 0.29) is 11.6 Å². The van der Waals surface area contributed by atoms with Crippen LogP contribution in [0.5, 0.6) is 0 Å². The highest BCUT2D eigenvalue weighted by Gasteiger charge is 2.15. The van der Waals surface area contributed by atoms with Gasteiger partial charge in [0.1, 0.15) is 5.82 Å². The summed E-state index contributed by atoms with van der Waals surface area (Å²) in [6.45, 7) is 2.05. The van der Waals surface area contributed by atoms with Crippen LogP contribution in [0.2, 0.25) is 5.02 Å². The number of anilines is 1. The van der Waals surface area contributed by atoms with E-state index in [0.29, 0.717) is 17.4 Å². The summed E-state index contributed by atoms with van der Waals surface area (Å²) in [4.78, 5) is 11.8. The summed E-state index contributed by atoms with van der Waals surface area (Å²) in [6.07, 6.45) is 3.53. The van der Waals surface area contributed by atoms with Gasteiger partial charge in [0.15, 0.2) is 0 Å². The van der Waals surface area contributed by atoms with Crippen molar-refractivity contribution in [2.75, 3.05) is 18.4 Å². The molecule has 0 saturated carbocycles. The van der Waals surface area contributed by atoms with Gasteiger partial charge < -0.3 is 10.6 Å². The highest BCUT2D eigenvalue weighted by molar-refractivity contribution is 6.30. The Morgan fingerprint density at radius 2 is 2.16 bits per heavy atom. The van der Waals surface area contributed by atoms with Crippen LogP contribution in [-0.2, 0) is 4.79 Å². The second-order valence-corrected chi connectivity index (χ2v) is 5.34. The van der Waals surface area contributed by atoms with E-state index in [1.165, 1.54) is 12.1 Å². The number of carbonyl (C=O) groups is 1. The molecule has 0 atom stereocenters. The standard InChI is InChI=1S/C14H18ClFN2O/c15-11-2-3-13(12(16)9-11)18-14(19)4-1-10-5-7-17-8-6-10/h2-3,9-10,17H,1,4-8H2,(H,18,19). The van der Waals surface area contributed by atoms with Gasteiger partial charge in [-0.1, -0.05) is 11.6 Å². The van der Waals surface area contributed by atoms with E-state index in [1.54, 1.807) is 6.07 Å². The second-order valence-electron chi connectivity index (χ2n) is 4.90. The molecular formula is C14H18ClFN2O. The average molecular weight is 285 g/mol. The number of hydrogen-bond acceptors (Lipinski definition) is 2. The van der Waals surface area contributed by atoms with E-state index >= 15 is 0 Å². The Kier molecular flexibility index (Phi) is 5.16. The molecule has 2 N–H and O–H groups in total. The quantitative estimate of drug-likeness (QED) is 0.891. The van der Waals surface area contributed by atoms with Crippen molar-refractivity contribution in [2.24, 2.45) is 5.92 Å². The number of halogens is 2. The van der Waals surface area contributed by atoms with E-state index in [0.717, 1.165) is 32.4 Å². The van der Waals surface area contributed by atoms with Crippen molar-refractivity contribution in [2.45, 2.75) is 25.7 Å². The Labute approximate surface area is 117 Å². The van der Waals surface area contributed by atoms with Gasteiger partial charge in [0.25, 0.3) is 0 Å². The molecule has 5 heteroatoms. The minimum atomic E-state index is -0.497. The van der Waals surface area contributed by atoms with Gasteiger partial charge in [-0.15, -0.1) is 0 Å². The third-order valence-electron chi connectivity index (χ3n) is 3.44. The van der Waals surface area contributed by atoms with Crippen molar-refractivity contribution in [1.29, 1.82) is 0 Å². The molecule has 1 amide bonds. The second kappa shape index (κ2) is 6.87. The number of benzene rings is 1. The molecule has 1 aromatic carbocycles. The lowest BCUT2D eigenvalue weighted by atomic mass is 9.93. The molecule has 1 aromatic rings. The summed E-state index contributed by atoms with van der Waals surface area (Å²) < 4.78 is 13.5. The fourth-order valence-corrected chi connectivity index (χ4v) is 2.47. The highest BCUT2D eigenvalue weighted by atomic mass is 35.5. The lowest BCUT2D eigenvalue weighted by molar-refractivity contribution is -0.116. The minimum absolute atomic E-state index is 0.139. The molecule has 19 heavy (non-hydrogen) atoms. The molecule has 0 radical (unpaired) electrons. The van der Waals surface area contributed by atoms with Gasteiger partial charge in [-0.3, -0.25) is 4.79 Å². The monoisotopic (exact) mass is 284 g/mol. The molecule has 104 valence electrons. The largest absolute Gasteiger partial charge is 0.324 e. The summed E-state index contributed by atoms with van der Waals surface area (Å²) in [7, 11) is 0. The van der Waals surface area contributed by atoms with Crippen LogP contribution in [0, 0.1) is 11.7 Å². The SMILES string of the molecule is O=C(CCC1CCNCC1)Nc1ccc(Cl)cc1F. The Bertz CT molecular complexity index is 447. The first-order valence-corrected chi connectivity index (χ1v) is 6.98. The number of amides is 1. The van der Waals surface area contributed by atoms with Crippen LogP contribution in [0.3, 0.4) is 0 Å². The first-order valence-electron chi connectivity index (χ1n) is 6.61. The van der Waals surface area contributed by atoms with Crippen LogP contribution in [-0.4, -0.2) is 19.0 Å². The maximum atomic E-state index is 13.5. The zero-order chi connectivity index (χ0) is 13.7. The molecule has 1 aliphatic heterocycles. The number of hydrogen-bond donors (Lipinski definition) is 2. The molecule has 0 spiro atoms. The Hall–Kier alpha value is -1.13. The molecule has 0 aromatic heterocycles. The summed E-state index contributed by atoms with van der Waals surface area (Å²) >= 11 is 5.66. The van der Waals surface area contributed by atoms with Crippen LogP contribution in [0.4, 0.5) is 10.1 Å². The Morgan fingerprint density at radius 3 is 2.84 bits per heavy atom. The van der Waals surface area contributed by atoms with Gasteiger partial charge >= 0.3 is 0 Å². The van der Waals surface area contributed by atoms with Crippen LogP contribution in [0.15, 0.2) is 18.2 Å². The number of carbonyl (C=O) groups excluding carboxylic acids is 1. The Morgan fingerprint density at radius 1 is 1.42 bits per heavy atom. The van der Waals surface area contributed by atoms with Gasteiger partial charge in [-0.2, -0.15) is 0 Å². The summed E-state index contributed by atoms with van der Waals surface area (Å²) in [6, 6.07) is 4.25. The van der Waals surface area contributed by atoms with Crippen molar-refractivity contribution in [3.8, 4) is 0 Å². The molecular weight excluding hydrogens is 267 g/mol. The van der Waals surface area contributed by atoms with Crippen LogP contribution < -0.4 is 10.6 Å². The first kappa shape index (κ1) is 14.3. The maximum absolute atomic E-state index is 13.5. The lowest BCUT2D eigenvalue weighted by Crippen LogP contribution is -2.28. The molecule has 3 nitrogen and oxygen atoms in total. The van der Waals surface area contributed by atoms with E-state index in [1.807, 2.05) is 0 Å². The van der Waals surface area contributed by atoms with Crippen LogP contribution in [0.25, 0.3) is 0 Å². The summed E-state index contributed by atoms with van der Waals surface area (Å²) in [5.41, 5.74) is 0.194. The van der Waals surface area contributed by atoms with Gasteiger partial charge in [0.2, 0.25) is 5.91 Å². The predicted octanol–water partition coefficient (Wildman–Crippen LogP) is 3.20. The number of nitrogens with one attached hydrogen (secondary N) is 2. The highest BCUT2D eigenvalue weighted by Crippen LogP contribution is 2.21. The van der Waals surface area contributed by atoms with Gasteiger partial charge in [0, 0.05) is 11.4 Å². The molecule has 1 fully saturated rings. The van der Waals surface area contributed by atoms with E-state index in [4.69, 9.17) is 11.6 Å². The third-order valence-corrected chi connectivity index (χ3v) is 3.68. The van der Waals surface area contributed by atoms with E-state index < -0.39 is 5.82 Å². The van der Waals surface area contributed by atoms with Crippen molar-refractivity contribution in [3.05, 3.63) is 29.0 Å². The summed E-state index contributed by atoms with van der Waals surface area (Å²) in [5.74, 6) is -0.0375. The van der Waals surface area contributed by atoms with Crippen molar-refractivity contribution < 1.29 is 9.18 Å². The molecule has 0 bridgehead atoms. The van der Waals surface area contributed by atoms with Crippen molar-refractivity contribution >= 4 is 23.2 Å². The van der Waals surface area contributed by atoms with Crippen LogP contribution >= 0.6 is 11.6 Å². The van der Waals surface area contributed by atoms with Crippen LogP contribution in [0.1, 0.15) is 25.7 Å². The molecule has 1 aliphatic rings. The van der Waals surface area contributed by atoms with E-state index in [9.17, 15) is 9.18 Å². The fourth-order valence-electron chi connectivity index (χ4n) is 2.31. The van der Waals surface area contributed by atoms with Crippen molar-refractivity contribution in [3.63, 3.8) is 0 Å². The average Bonchev–Trinajstić information content (AvgIpc) is 2.41. The molecule has 1 saturated heterocycles. The smallest absolute Gasteiger partial charge is 0.224 e. The van der Waals surface area contributed by atoms with Gasteiger partial charge in [-0.25, -0.2) is 4.39 Å². The minimum Gasteiger partial charge on any atom is -0.324 e. The summed E-state index contributed by atoms with van der Waals surface area (Å²) in [5, 5.41) is 6.21. The molecule has 0 unspecified atom stereocenters. The fraction of sp³-hybridized carbons (Fsp3) is 0.500. The first-order chi connectivity index (χ1) is 9.15. The van der Waals surface area contributed by atoms with Crippen molar-refractivity contribution in [1.82, 2.24) is 5.32 Å². The lowest BCUT2D eigenvalue weighted by Gasteiger charge is -2.22. The van der Waals surface area contributed by atoms with Gasteiger partial charge in [-0.05, 0) is 56.5 Å². The molecule has 0 aliphatic carbocycles. The predicted molar refractivity (Wildman–Crippen MR) is 74.9 cm³/mol. The number of piperidine rings is 1. The Balaban J connectivity index is 1.80. The maximum Gasteiger partial charge on any atom is 0.224 e. The topological polar surface area (TPSA) is 41.1 Å². The molecule has 2 rings (SSSR count).